The van der Waals surface area contributed by atoms with Crippen LogP contribution in [0.4, 0.5) is 0 Å². The Morgan fingerprint density at radius 1 is 1.23 bits per heavy atom. The van der Waals surface area contributed by atoms with Gasteiger partial charge in [-0.3, -0.25) is 18.8 Å². The largest absolute Gasteiger partial charge is 0.395 e. The fraction of sp³-hybridized carbons (Fsp3) is 0.706. The lowest BCUT2D eigenvalue weighted by Gasteiger charge is -2.37. The molecule has 0 bridgehead atoms. The van der Waals surface area contributed by atoms with E-state index in [9.17, 15) is 19.8 Å². The van der Waals surface area contributed by atoms with Gasteiger partial charge in [-0.1, -0.05) is 19.3 Å². The summed E-state index contributed by atoms with van der Waals surface area (Å²) in [5.74, 6) is 0. The minimum atomic E-state index is -0.843. The molecule has 0 aromatic carbocycles. The first-order valence-electron chi connectivity index (χ1n) is 9.11. The summed E-state index contributed by atoms with van der Waals surface area (Å²) < 4.78 is 3.96. The lowest BCUT2D eigenvalue weighted by atomic mass is 9.94. The Bertz CT molecular complexity index is 878. The summed E-state index contributed by atoms with van der Waals surface area (Å²) in [6.45, 7) is 0.504. The van der Waals surface area contributed by atoms with Crippen LogP contribution in [0.5, 0.6) is 0 Å². The van der Waals surface area contributed by atoms with Gasteiger partial charge in [-0.25, -0.2) is 9.78 Å². The highest BCUT2D eigenvalue weighted by molar-refractivity contribution is 5.69. The van der Waals surface area contributed by atoms with Crippen molar-refractivity contribution >= 4 is 11.2 Å². The highest BCUT2D eigenvalue weighted by Gasteiger charge is 2.27. The molecule has 9 nitrogen and oxygen atoms in total. The summed E-state index contributed by atoms with van der Waals surface area (Å²) in [4.78, 5) is 30.6. The third kappa shape index (κ3) is 3.34. The van der Waals surface area contributed by atoms with Crippen molar-refractivity contribution in [2.45, 2.75) is 50.9 Å². The van der Waals surface area contributed by atoms with E-state index < -0.39 is 17.5 Å². The van der Waals surface area contributed by atoms with Gasteiger partial charge in [0.1, 0.15) is 6.23 Å². The average Bonchev–Trinajstić information content (AvgIpc) is 3.07. The summed E-state index contributed by atoms with van der Waals surface area (Å²) in [6, 6.07) is 0.230. The van der Waals surface area contributed by atoms with Crippen molar-refractivity contribution < 1.29 is 10.2 Å². The molecule has 2 aromatic heterocycles. The molecule has 0 amide bonds. The molecule has 2 aromatic rings. The zero-order valence-electron chi connectivity index (χ0n) is 15.3. The van der Waals surface area contributed by atoms with Crippen LogP contribution >= 0.6 is 0 Å². The predicted octanol–water partition coefficient (Wildman–Crippen LogP) is -0.621. The molecule has 9 heteroatoms. The second-order valence-corrected chi connectivity index (χ2v) is 7.01. The van der Waals surface area contributed by atoms with Crippen molar-refractivity contribution in [2.75, 3.05) is 13.2 Å². The minimum Gasteiger partial charge on any atom is -0.395 e. The van der Waals surface area contributed by atoms with Crippen LogP contribution in [0.25, 0.3) is 11.2 Å². The van der Waals surface area contributed by atoms with Crippen molar-refractivity contribution in [1.82, 2.24) is 23.6 Å². The average molecular weight is 365 g/mol. The number of nitrogens with zero attached hydrogens (tertiary/aromatic N) is 5. The Labute approximate surface area is 151 Å². The normalized spacial score (nSPS) is 17.3. The monoisotopic (exact) mass is 365 g/mol. The number of fused-ring (bicyclic) bond motifs is 1. The number of aliphatic hydroxyl groups is 2. The highest BCUT2D eigenvalue weighted by Crippen LogP contribution is 2.24. The van der Waals surface area contributed by atoms with Crippen molar-refractivity contribution in [2.24, 2.45) is 14.1 Å². The van der Waals surface area contributed by atoms with Gasteiger partial charge < -0.3 is 14.8 Å². The molecule has 26 heavy (non-hydrogen) atoms. The van der Waals surface area contributed by atoms with Crippen LogP contribution in [0.3, 0.4) is 0 Å². The van der Waals surface area contributed by atoms with E-state index in [0.717, 1.165) is 30.3 Å². The van der Waals surface area contributed by atoms with Gasteiger partial charge in [-0.05, 0) is 12.8 Å². The zero-order valence-corrected chi connectivity index (χ0v) is 15.3. The van der Waals surface area contributed by atoms with Crippen molar-refractivity contribution in [3.05, 3.63) is 27.2 Å². The topological polar surface area (TPSA) is 106 Å². The van der Waals surface area contributed by atoms with Gasteiger partial charge in [-0.2, -0.15) is 0 Å². The molecule has 0 aliphatic heterocycles. The summed E-state index contributed by atoms with van der Waals surface area (Å²) in [5.41, 5.74) is -0.269. The lowest BCUT2D eigenvalue weighted by molar-refractivity contribution is -0.0509. The maximum atomic E-state index is 12.5. The Morgan fingerprint density at radius 3 is 2.58 bits per heavy atom. The quantitative estimate of drug-likeness (QED) is 0.661. The van der Waals surface area contributed by atoms with E-state index in [1.165, 1.54) is 24.4 Å². The van der Waals surface area contributed by atoms with Gasteiger partial charge in [0.05, 0.1) is 19.5 Å². The van der Waals surface area contributed by atoms with Crippen molar-refractivity contribution in [1.29, 1.82) is 0 Å². The van der Waals surface area contributed by atoms with Crippen LogP contribution in [0, 0.1) is 0 Å². The third-order valence-electron chi connectivity index (χ3n) is 5.36. The number of rotatable bonds is 6. The number of aromatic nitrogens is 4. The maximum absolute atomic E-state index is 12.5. The molecule has 2 N–H and O–H groups in total. The molecule has 0 spiro atoms. The molecular formula is C17H27N5O4. The fourth-order valence-corrected chi connectivity index (χ4v) is 3.92. The molecule has 3 rings (SSSR count). The molecule has 1 fully saturated rings. The second kappa shape index (κ2) is 7.73. The lowest BCUT2D eigenvalue weighted by Crippen LogP contribution is -2.47. The van der Waals surface area contributed by atoms with E-state index in [0.29, 0.717) is 17.7 Å². The summed E-state index contributed by atoms with van der Waals surface area (Å²) >= 11 is 0. The SMILES string of the molecule is Cn1c(=O)c2c(ncn2CC(O)N(CCO)C2CCCCC2)n(C)c1=O. The van der Waals surface area contributed by atoms with Crippen molar-refractivity contribution in [3.8, 4) is 0 Å². The second-order valence-electron chi connectivity index (χ2n) is 7.01. The number of aliphatic hydroxyl groups excluding tert-OH is 2. The van der Waals surface area contributed by atoms with E-state index in [-0.39, 0.29) is 19.2 Å². The fourth-order valence-electron chi connectivity index (χ4n) is 3.92. The Kier molecular flexibility index (Phi) is 5.59. The van der Waals surface area contributed by atoms with E-state index in [1.807, 2.05) is 4.90 Å². The minimum absolute atomic E-state index is 0.0332. The molecule has 1 aliphatic rings. The molecule has 144 valence electrons. The van der Waals surface area contributed by atoms with Crippen molar-refractivity contribution in [3.63, 3.8) is 0 Å². The van der Waals surface area contributed by atoms with Gasteiger partial charge in [0.2, 0.25) is 0 Å². The number of aryl methyl sites for hydroxylation is 1. The standard InChI is InChI=1S/C17H27N5O4/c1-19-15-14(16(25)20(2)17(19)26)21(11-18-15)10-13(24)22(8-9-23)12-6-4-3-5-7-12/h11-13,23-24H,3-10H2,1-2H3. The summed E-state index contributed by atoms with van der Waals surface area (Å²) in [6.07, 6.45) is 6.08. The molecule has 0 radical (unpaired) electrons. The first kappa shape index (κ1) is 18.8. The number of hydrogen-bond acceptors (Lipinski definition) is 6. The Hall–Kier alpha value is -1.97. The van der Waals surface area contributed by atoms with Gasteiger partial charge in [0.25, 0.3) is 5.56 Å². The van der Waals surface area contributed by atoms with Crippen LogP contribution in [0.15, 0.2) is 15.9 Å². The van der Waals surface area contributed by atoms with E-state index >= 15 is 0 Å². The van der Waals surface area contributed by atoms with E-state index in [2.05, 4.69) is 4.98 Å². The molecule has 1 saturated carbocycles. The third-order valence-corrected chi connectivity index (χ3v) is 5.36. The van der Waals surface area contributed by atoms with Crippen LogP contribution in [-0.4, -0.2) is 59.2 Å². The summed E-state index contributed by atoms with van der Waals surface area (Å²) in [5, 5.41) is 20.2. The van der Waals surface area contributed by atoms with E-state index in [1.54, 1.807) is 11.6 Å². The number of hydrogen-bond donors (Lipinski definition) is 2. The summed E-state index contributed by atoms with van der Waals surface area (Å²) in [7, 11) is 3.00. The van der Waals surface area contributed by atoms with Crippen LogP contribution in [-0.2, 0) is 20.6 Å². The zero-order chi connectivity index (χ0) is 18.8. The van der Waals surface area contributed by atoms with Crippen LogP contribution < -0.4 is 11.2 Å². The first-order valence-corrected chi connectivity index (χ1v) is 9.11. The first-order chi connectivity index (χ1) is 12.5. The van der Waals surface area contributed by atoms with Gasteiger partial charge in [0, 0.05) is 26.7 Å². The molecule has 1 atom stereocenters. The molecular weight excluding hydrogens is 338 g/mol. The Balaban J connectivity index is 1.92. The van der Waals surface area contributed by atoms with Crippen LogP contribution in [0.1, 0.15) is 32.1 Å². The molecule has 1 unspecified atom stereocenters. The van der Waals surface area contributed by atoms with Gasteiger partial charge >= 0.3 is 5.69 Å². The van der Waals surface area contributed by atoms with E-state index in [4.69, 9.17) is 0 Å². The maximum Gasteiger partial charge on any atom is 0.332 e. The highest BCUT2D eigenvalue weighted by atomic mass is 16.3. The molecule has 2 heterocycles. The van der Waals surface area contributed by atoms with Gasteiger partial charge in [-0.15, -0.1) is 0 Å². The molecule has 1 aliphatic carbocycles. The Morgan fingerprint density at radius 2 is 1.92 bits per heavy atom. The number of imidazole rings is 1. The smallest absolute Gasteiger partial charge is 0.332 e. The van der Waals surface area contributed by atoms with Crippen LogP contribution in [0.2, 0.25) is 0 Å². The van der Waals surface area contributed by atoms with Gasteiger partial charge in [0.15, 0.2) is 11.2 Å². The predicted molar refractivity (Wildman–Crippen MR) is 96.9 cm³/mol. The molecule has 0 saturated heterocycles.